The number of anilines is 1. The van der Waals surface area contributed by atoms with E-state index >= 15 is 0 Å². The fourth-order valence-corrected chi connectivity index (χ4v) is 4.93. The Hall–Kier alpha value is -1.71. The summed E-state index contributed by atoms with van der Waals surface area (Å²) in [4.78, 5) is 27.7. The first kappa shape index (κ1) is 29.5. The number of hydrogen-bond acceptors (Lipinski definition) is 4. The molecule has 0 aromatic heterocycles. The van der Waals surface area contributed by atoms with Gasteiger partial charge in [-0.3, -0.25) is 13.9 Å². The van der Waals surface area contributed by atoms with E-state index in [9.17, 15) is 18.0 Å². The first-order valence-electron chi connectivity index (χ1n) is 10.7. The van der Waals surface area contributed by atoms with Crippen LogP contribution in [0.3, 0.4) is 0 Å². The number of amides is 2. The van der Waals surface area contributed by atoms with Gasteiger partial charge in [0.05, 0.1) is 22.0 Å². The summed E-state index contributed by atoms with van der Waals surface area (Å²) in [5.41, 5.74) is 0.593. The largest absolute Gasteiger partial charge is 0.352 e. The minimum Gasteiger partial charge on any atom is -0.352 e. The van der Waals surface area contributed by atoms with Crippen molar-refractivity contribution >= 4 is 73.9 Å². The average Bonchev–Trinajstić information content (AvgIpc) is 2.77. The lowest BCUT2D eigenvalue weighted by Crippen LogP contribution is -2.52. The topological polar surface area (TPSA) is 86.8 Å². The van der Waals surface area contributed by atoms with Crippen LogP contribution >= 0.6 is 46.4 Å². The van der Waals surface area contributed by atoms with Crippen molar-refractivity contribution in [2.45, 2.75) is 45.8 Å². The maximum Gasteiger partial charge on any atom is 0.244 e. The molecule has 0 spiro atoms. The molecular weight excluding hydrogens is 556 g/mol. The van der Waals surface area contributed by atoms with Crippen molar-refractivity contribution in [2.24, 2.45) is 0 Å². The summed E-state index contributed by atoms with van der Waals surface area (Å²) < 4.78 is 26.1. The van der Waals surface area contributed by atoms with Crippen LogP contribution in [0.1, 0.15) is 32.8 Å². The molecule has 0 saturated carbocycles. The van der Waals surface area contributed by atoms with Crippen LogP contribution in [0.2, 0.25) is 20.1 Å². The zero-order chi connectivity index (χ0) is 26.5. The summed E-state index contributed by atoms with van der Waals surface area (Å²) in [6.07, 6.45) is 1.65. The molecule has 0 aliphatic rings. The van der Waals surface area contributed by atoms with E-state index in [-0.39, 0.29) is 34.2 Å². The molecule has 35 heavy (non-hydrogen) atoms. The van der Waals surface area contributed by atoms with Gasteiger partial charge < -0.3 is 10.2 Å². The van der Waals surface area contributed by atoms with E-state index in [0.717, 1.165) is 10.6 Å². The Balaban J connectivity index is 2.47. The molecule has 7 nitrogen and oxygen atoms in total. The Morgan fingerprint density at radius 2 is 1.69 bits per heavy atom. The summed E-state index contributed by atoms with van der Waals surface area (Å²) >= 11 is 24.6. The lowest BCUT2D eigenvalue weighted by atomic mass is 10.1. The fourth-order valence-electron chi connectivity index (χ4n) is 3.16. The Labute approximate surface area is 226 Å². The van der Waals surface area contributed by atoms with Gasteiger partial charge in [-0.25, -0.2) is 8.42 Å². The average molecular weight is 583 g/mol. The minimum absolute atomic E-state index is 0.0118. The van der Waals surface area contributed by atoms with Gasteiger partial charge in [0.25, 0.3) is 0 Å². The normalized spacial score (nSPS) is 13.1. The lowest BCUT2D eigenvalue weighted by molar-refractivity contribution is -0.139. The van der Waals surface area contributed by atoms with Crippen LogP contribution in [0.15, 0.2) is 36.4 Å². The molecule has 2 rings (SSSR count). The van der Waals surface area contributed by atoms with Crippen LogP contribution in [-0.2, 0) is 26.2 Å². The number of carbonyl (C=O) groups excluding carboxylic acids is 2. The Morgan fingerprint density at radius 1 is 1.03 bits per heavy atom. The summed E-state index contributed by atoms with van der Waals surface area (Å²) in [5.74, 6) is -1.02. The summed E-state index contributed by atoms with van der Waals surface area (Å²) in [6, 6.07) is 8.22. The molecule has 0 bridgehead atoms. The van der Waals surface area contributed by atoms with Crippen molar-refractivity contribution in [3.63, 3.8) is 0 Å². The molecule has 192 valence electrons. The fraction of sp³-hybridized carbons (Fsp3) is 0.391. The molecule has 0 aliphatic carbocycles. The molecule has 2 aromatic carbocycles. The van der Waals surface area contributed by atoms with Crippen molar-refractivity contribution < 1.29 is 18.0 Å². The number of nitrogens with zero attached hydrogens (tertiary/aromatic N) is 2. The third-order valence-corrected chi connectivity index (χ3v) is 7.93. The predicted octanol–water partition coefficient (Wildman–Crippen LogP) is 5.40. The maximum absolute atomic E-state index is 13.5. The van der Waals surface area contributed by atoms with Crippen molar-refractivity contribution in [3.05, 3.63) is 62.1 Å². The Morgan fingerprint density at radius 3 is 2.26 bits per heavy atom. The zero-order valence-corrected chi connectivity index (χ0v) is 23.5. The Bertz CT molecular complexity index is 1190. The van der Waals surface area contributed by atoms with Gasteiger partial charge in [0.15, 0.2) is 0 Å². The zero-order valence-electron chi connectivity index (χ0n) is 19.7. The molecule has 2 atom stereocenters. The second-order valence-corrected chi connectivity index (χ2v) is 11.6. The van der Waals surface area contributed by atoms with Gasteiger partial charge in [-0.15, -0.1) is 0 Å². The van der Waals surface area contributed by atoms with E-state index in [4.69, 9.17) is 46.4 Å². The second-order valence-electron chi connectivity index (χ2n) is 8.09. The molecule has 0 unspecified atom stereocenters. The first-order valence-corrected chi connectivity index (χ1v) is 14.1. The van der Waals surface area contributed by atoms with Crippen molar-refractivity contribution in [1.82, 2.24) is 10.2 Å². The number of rotatable bonds is 10. The number of carbonyl (C=O) groups is 2. The van der Waals surface area contributed by atoms with Crippen LogP contribution in [-0.4, -0.2) is 50.0 Å². The van der Waals surface area contributed by atoms with Gasteiger partial charge in [-0.1, -0.05) is 65.5 Å². The van der Waals surface area contributed by atoms with Gasteiger partial charge in [0.1, 0.15) is 12.6 Å². The van der Waals surface area contributed by atoms with Gasteiger partial charge in [0.2, 0.25) is 21.8 Å². The Kier molecular flexibility index (Phi) is 10.5. The third kappa shape index (κ3) is 7.89. The lowest BCUT2D eigenvalue weighted by Gasteiger charge is -2.32. The number of benzene rings is 2. The molecule has 0 heterocycles. The van der Waals surface area contributed by atoms with E-state index in [0.29, 0.717) is 22.0 Å². The van der Waals surface area contributed by atoms with Gasteiger partial charge >= 0.3 is 0 Å². The van der Waals surface area contributed by atoms with Gasteiger partial charge in [-0.2, -0.15) is 0 Å². The molecule has 0 aliphatic heterocycles. The van der Waals surface area contributed by atoms with E-state index in [2.05, 4.69) is 5.32 Å². The highest BCUT2D eigenvalue weighted by molar-refractivity contribution is 7.92. The molecule has 0 fully saturated rings. The van der Waals surface area contributed by atoms with Crippen LogP contribution < -0.4 is 9.62 Å². The van der Waals surface area contributed by atoms with Crippen molar-refractivity contribution in [3.8, 4) is 0 Å². The highest BCUT2D eigenvalue weighted by atomic mass is 35.5. The summed E-state index contributed by atoms with van der Waals surface area (Å²) in [5, 5.41) is 3.70. The minimum atomic E-state index is -3.94. The number of nitrogens with one attached hydrogen (secondary N) is 1. The summed E-state index contributed by atoms with van der Waals surface area (Å²) in [6.45, 7) is 4.68. The number of hydrogen-bond donors (Lipinski definition) is 1. The molecule has 0 radical (unpaired) electrons. The molecule has 2 aromatic rings. The van der Waals surface area contributed by atoms with Crippen molar-refractivity contribution in [1.29, 1.82) is 0 Å². The molecule has 0 saturated heterocycles. The monoisotopic (exact) mass is 581 g/mol. The SMILES string of the molecule is CC[C@@H](C)NC(=O)[C@H](C)N(Cc1ccc(Cl)cc1Cl)C(=O)CN(c1cccc(Cl)c1Cl)S(C)(=O)=O. The molecule has 12 heteroatoms. The highest BCUT2D eigenvalue weighted by Crippen LogP contribution is 2.34. The van der Waals surface area contributed by atoms with Gasteiger partial charge in [-0.05, 0) is 50.1 Å². The predicted molar refractivity (Wildman–Crippen MR) is 143 cm³/mol. The van der Waals surface area contributed by atoms with E-state index in [1.807, 2.05) is 13.8 Å². The molecule has 2 amide bonds. The number of sulfonamides is 1. The highest BCUT2D eigenvalue weighted by Gasteiger charge is 2.31. The molecule has 1 N–H and O–H groups in total. The maximum atomic E-state index is 13.5. The third-order valence-electron chi connectivity index (χ3n) is 5.40. The quantitative estimate of drug-likeness (QED) is 0.406. The second kappa shape index (κ2) is 12.5. The van der Waals surface area contributed by atoms with E-state index < -0.39 is 28.5 Å². The van der Waals surface area contributed by atoms with Crippen LogP contribution in [0.4, 0.5) is 5.69 Å². The van der Waals surface area contributed by atoms with Gasteiger partial charge in [0, 0.05) is 22.6 Å². The first-order chi connectivity index (χ1) is 16.3. The van der Waals surface area contributed by atoms with Crippen LogP contribution in [0, 0.1) is 0 Å². The smallest absolute Gasteiger partial charge is 0.244 e. The van der Waals surface area contributed by atoms with E-state index in [1.165, 1.54) is 29.2 Å². The van der Waals surface area contributed by atoms with Crippen LogP contribution in [0.5, 0.6) is 0 Å². The number of halogens is 4. The standard InChI is InChI=1S/C23H27Cl4N3O4S/c1-5-14(2)28-23(32)15(3)29(12-16-9-10-17(24)11-19(16)26)21(31)13-30(35(4,33)34)20-8-6-7-18(25)22(20)27/h6-11,14-15H,5,12-13H2,1-4H3,(H,28,32)/t14-,15+/m1/s1. The summed E-state index contributed by atoms with van der Waals surface area (Å²) in [7, 11) is -3.94. The van der Waals surface area contributed by atoms with Crippen molar-refractivity contribution in [2.75, 3.05) is 17.1 Å². The van der Waals surface area contributed by atoms with Crippen LogP contribution in [0.25, 0.3) is 0 Å². The molecular formula is C23H27Cl4N3O4S. The van der Waals surface area contributed by atoms with E-state index in [1.54, 1.807) is 19.1 Å².